The van der Waals surface area contributed by atoms with Crippen LogP contribution in [-0.4, -0.2) is 74.6 Å². The lowest BCUT2D eigenvalue weighted by Gasteiger charge is -2.45. The highest BCUT2D eigenvalue weighted by Crippen LogP contribution is 2.40. The summed E-state index contributed by atoms with van der Waals surface area (Å²) in [6, 6.07) is 41.6. The summed E-state index contributed by atoms with van der Waals surface area (Å²) in [5, 5.41) is 43.5. The Labute approximate surface area is 374 Å². The molecule has 1 fully saturated rings. The zero-order valence-electron chi connectivity index (χ0n) is 34.9. The number of thioether (sulfide) groups is 1. The van der Waals surface area contributed by atoms with E-state index in [1.54, 1.807) is 0 Å². The van der Waals surface area contributed by atoms with Gasteiger partial charge in [-0.15, -0.1) is 11.8 Å². The second-order valence-corrected chi connectivity index (χ2v) is 16.1. The van der Waals surface area contributed by atoms with Crippen LogP contribution in [0.15, 0.2) is 146 Å². The maximum absolute atomic E-state index is 14.2. The smallest absolute Gasteiger partial charge is 0.338 e. The molecule has 0 aromatic heterocycles. The van der Waals surface area contributed by atoms with Crippen LogP contribution in [0.2, 0.25) is 0 Å². The molecule has 1 aliphatic heterocycles. The number of phenols is 4. The number of carbonyl (C=O) groups excluding carboxylic acids is 2. The molecule has 7 rings (SSSR count). The molecule has 14 heteroatoms. The minimum absolute atomic E-state index is 0.0404. The molecular weight excluding hydrogens is 841 g/mol. The van der Waals surface area contributed by atoms with Crippen molar-refractivity contribution < 1.29 is 63.2 Å². The van der Waals surface area contributed by atoms with E-state index in [0.29, 0.717) is 5.75 Å². The van der Waals surface area contributed by atoms with Crippen LogP contribution in [0.5, 0.6) is 34.5 Å². The van der Waals surface area contributed by atoms with E-state index in [9.17, 15) is 30.0 Å². The number of esters is 2. The number of aromatic hydroxyl groups is 4. The third kappa shape index (κ3) is 11.8. The number of hydrogen-bond acceptors (Lipinski definition) is 14. The van der Waals surface area contributed by atoms with E-state index >= 15 is 0 Å². The number of carbonyl (C=O) groups is 2. The number of ether oxygens (including phenoxy) is 7. The Balaban J connectivity index is 1.17. The van der Waals surface area contributed by atoms with Gasteiger partial charge in [0.15, 0.2) is 29.1 Å². The van der Waals surface area contributed by atoms with E-state index in [4.69, 9.17) is 33.2 Å². The average molecular weight is 889 g/mol. The lowest BCUT2D eigenvalue weighted by atomic mass is 9.98. The van der Waals surface area contributed by atoms with Gasteiger partial charge in [0.1, 0.15) is 43.6 Å². The maximum Gasteiger partial charge on any atom is 0.338 e. The molecule has 0 bridgehead atoms. The van der Waals surface area contributed by atoms with Crippen LogP contribution in [-0.2, 0) is 50.1 Å². The van der Waals surface area contributed by atoms with E-state index in [0.717, 1.165) is 46.5 Å². The van der Waals surface area contributed by atoms with Gasteiger partial charge in [0.25, 0.3) is 0 Å². The summed E-state index contributed by atoms with van der Waals surface area (Å²) in [6.07, 6.45) is -4.35. The molecule has 332 valence electrons. The van der Waals surface area contributed by atoms with Crippen LogP contribution in [0.4, 0.5) is 0 Å². The fourth-order valence-electron chi connectivity index (χ4n) is 6.97. The summed E-state index contributed by atoms with van der Waals surface area (Å²) in [5.74, 6) is -3.73. The van der Waals surface area contributed by atoms with Crippen molar-refractivity contribution in [1.29, 1.82) is 0 Å². The predicted molar refractivity (Wildman–Crippen MR) is 237 cm³/mol. The summed E-state index contributed by atoms with van der Waals surface area (Å²) in [4.78, 5) is 27.8. The lowest BCUT2D eigenvalue weighted by Crippen LogP contribution is -2.61. The third-order valence-electron chi connectivity index (χ3n) is 10.1. The molecule has 64 heavy (non-hydrogen) atoms. The van der Waals surface area contributed by atoms with E-state index in [-0.39, 0.29) is 49.1 Å². The van der Waals surface area contributed by atoms with Gasteiger partial charge in [-0.25, -0.2) is 9.59 Å². The number of phenolic OH excluding ortho intramolecular Hbond substituents is 4. The third-order valence-corrected chi connectivity index (χ3v) is 11.2. The zero-order valence-corrected chi connectivity index (χ0v) is 35.7. The van der Waals surface area contributed by atoms with Crippen molar-refractivity contribution in [3.63, 3.8) is 0 Å². The Kier molecular flexibility index (Phi) is 15.6. The summed E-state index contributed by atoms with van der Waals surface area (Å²) < 4.78 is 43.1. The Morgan fingerprint density at radius 1 is 0.531 bits per heavy atom. The Bertz CT molecular complexity index is 2390. The molecule has 5 atom stereocenters. The van der Waals surface area contributed by atoms with Crippen molar-refractivity contribution >= 4 is 23.7 Å². The predicted octanol–water partition coefficient (Wildman–Crippen LogP) is 8.70. The quantitative estimate of drug-likeness (QED) is 0.0568. The highest BCUT2D eigenvalue weighted by molar-refractivity contribution is 7.99. The van der Waals surface area contributed by atoms with Gasteiger partial charge in [0.05, 0.1) is 24.3 Å². The van der Waals surface area contributed by atoms with Gasteiger partial charge in [-0.1, -0.05) is 128 Å². The van der Waals surface area contributed by atoms with Gasteiger partial charge in [0, 0.05) is 0 Å². The average Bonchev–Trinajstić information content (AvgIpc) is 3.31. The van der Waals surface area contributed by atoms with Crippen LogP contribution in [0.3, 0.4) is 0 Å². The minimum atomic E-state index is -1.31. The van der Waals surface area contributed by atoms with Gasteiger partial charge in [-0.05, 0) is 52.3 Å². The first-order valence-electron chi connectivity index (χ1n) is 20.6. The molecule has 1 aliphatic rings. The molecular formula is C50H48O13S. The monoisotopic (exact) mass is 888 g/mol. The lowest BCUT2D eigenvalue weighted by molar-refractivity contribution is -0.237. The first-order valence-corrected chi connectivity index (χ1v) is 21.6. The molecule has 4 N–H and O–H groups in total. The highest BCUT2D eigenvalue weighted by atomic mass is 32.2. The SMILES string of the molecule is CCS[C@@H]1OC(COC(=O)c2cc(O)c(OCc3ccccc3)c(O)c2)[C@@H](OC(=O)c2cc(O)c(OCc3ccccc3)c(O)c2)C(OCc2ccccc2)C1OCc1ccccc1. The Hall–Kier alpha value is -6.71. The van der Waals surface area contributed by atoms with E-state index in [1.807, 2.05) is 128 Å². The summed E-state index contributed by atoms with van der Waals surface area (Å²) >= 11 is 1.42. The van der Waals surface area contributed by atoms with Crippen LogP contribution < -0.4 is 9.47 Å². The molecule has 1 heterocycles. The molecule has 0 spiro atoms. The van der Waals surface area contributed by atoms with Crippen LogP contribution in [0, 0.1) is 0 Å². The standard InChI is InChI=1S/C50H48O13S/c1-2-64-50-47(60-30-35-21-13-6-14-22-35)46(59-29-34-19-11-5-12-20-34)45(63-49(56)37-25-40(53)44(41(54)26-37)58-28-33-17-9-4-10-18-33)42(62-50)31-61-48(55)36-23-38(51)43(39(52)24-36)57-27-32-15-7-3-8-16-32/h3-26,42,45-47,50-54H,2,27-31H2,1H3/t42?,45-,46?,47?,50+/m1/s1. The molecule has 0 radical (unpaired) electrons. The van der Waals surface area contributed by atoms with Gasteiger partial charge in [0.2, 0.25) is 11.5 Å². The zero-order chi connectivity index (χ0) is 44.8. The van der Waals surface area contributed by atoms with E-state index in [2.05, 4.69) is 0 Å². The maximum atomic E-state index is 14.2. The largest absolute Gasteiger partial charge is 0.504 e. The fraction of sp³-hybridized carbons (Fsp3) is 0.240. The molecule has 6 aromatic rings. The molecule has 0 amide bonds. The van der Waals surface area contributed by atoms with Crippen molar-refractivity contribution in [2.45, 2.75) is 63.2 Å². The second-order valence-electron chi connectivity index (χ2n) is 14.7. The van der Waals surface area contributed by atoms with Gasteiger partial charge < -0.3 is 53.6 Å². The summed E-state index contributed by atoms with van der Waals surface area (Å²) in [6.45, 7) is 1.79. The molecule has 0 saturated carbocycles. The van der Waals surface area contributed by atoms with Gasteiger partial charge in [-0.2, -0.15) is 0 Å². The number of rotatable bonds is 19. The molecule has 0 aliphatic carbocycles. The minimum Gasteiger partial charge on any atom is -0.504 e. The van der Waals surface area contributed by atoms with Crippen molar-refractivity contribution in [1.82, 2.24) is 0 Å². The molecule has 6 aromatic carbocycles. The van der Waals surface area contributed by atoms with Gasteiger partial charge >= 0.3 is 11.9 Å². The van der Waals surface area contributed by atoms with Crippen LogP contribution in [0.25, 0.3) is 0 Å². The van der Waals surface area contributed by atoms with Crippen molar-refractivity contribution in [2.24, 2.45) is 0 Å². The first kappa shape index (κ1) is 45.3. The van der Waals surface area contributed by atoms with Gasteiger partial charge in [-0.3, -0.25) is 0 Å². The summed E-state index contributed by atoms with van der Waals surface area (Å²) in [7, 11) is 0. The Morgan fingerprint density at radius 2 is 0.922 bits per heavy atom. The van der Waals surface area contributed by atoms with Crippen molar-refractivity contribution in [3.8, 4) is 34.5 Å². The second kappa shape index (κ2) is 22.1. The van der Waals surface area contributed by atoms with Crippen LogP contribution in [0.1, 0.15) is 49.9 Å². The molecule has 1 saturated heterocycles. The summed E-state index contributed by atoms with van der Waals surface area (Å²) in [5.41, 5.74) is 2.16. The number of benzene rings is 6. The topological polar surface area (TPSA) is 180 Å². The van der Waals surface area contributed by atoms with Crippen molar-refractivity contribution in [3.05, 3.63) is 179 Å². The molecule has 3 unspecified atom stereocenters. The molecule has 13 nitrogen and oxygen atoms in total. The number of hydrogen-bond donors (Lipinski definition) is 4. The van der Waals surface area contributed by atoms with E-state index in [1.165, 1.54) is 11.8 Å². The fourth-order valence-corrected chi connectivity index (χ4v) is 7.95. The van der Waals surface area contributed by atoms with E-state index < -0.39 is 71.4 Å². The van der Waals surface area contributed by atoms with Crippen LogP contribution >= 0.6 is 11.8 Å². The highest BCUT2D eigenvalue weighted by Gasteiger charge is 2.50. The Morgan fingerprint density at radius 3 is 1.34 bits per heavy atom. The normalized spacial score (nSPS) is 18.2. The first-order chi connectivity index (χ1) is 31.2. The van der Waals surface area contributed by atoms with Crippen molar-refractivity contribution in [2.75, 3.05) is 12.4 Å².